The van der Waals surface area contributed by atoms with E-state index in [1.807, 2.05) is 48.5 Å². The lowest BCUT2D eigenvalue weighted by molar-refractivity contribution is 0.0950. The average molecular weight is 379 g/mol. The van der Waals surface area contributed by atoms with Crippen molar-refractivity contribution in [3.63, 3.8) is 0 Å². The van der Waals surface area contributed by atoms with Gasteiger partial charge in [0.2, 0.25) is 0 Å². The third-order valence-corrected chi connectivity index (χ3v) is 4.95. The molecule has 0 radical (unpaired) electrons. The summed E-state index contributed by atoms with van der Waals surface area (Å²) in [6, 6.07) is 18.9. The summed E-state index contributed by atoms with van der Waals surface area (Å²) < 4.78 is 6.18. The molecular weight excluding hydrogens is 366 g/mol. The van der Waals surface area contributed by atoms with E-state index < -0.39 is 5.91 Å². The van der Waals surface area contributed by atoms with Gasteiger partial charge in [-0.15, -0.1) is 11.3 Å². The molecule has 2 aromatic heterocycles. The Morgan fingerprint density at radius 1 is 1.04 bits per heavy atom. The van der Waals surface area contributed by atoms with E-state index in [0.29, 0.717) is 0 Å². The first-order chi connectivity index (χ1) is 12.7. The number of anilines is 1. The lowest BCUT2D eigenvalue weighted by Crippen LogP contribution is -2.34. The molecule has 7 heteroatoms. The van der Waals surface area contributed by atoms with Crippen molar-refractivity contribution in [1.29, 1.82) is 0 Å². The first-order valence-corrected chi connectivity index (χ1v) is 9.04. The molecule has 0 bridgehead atoms. The number of para-hydroxylation sites is 2. The molecule has 0 saturated carbocycles. The summed E-state index contributed by atoms with van der Waals surface area (Å²) >= 11 is 6.87. The number of carbonyl (C=O) groups excluding carboxylic acids is 1. The van der Waals surface area contributed by atoms with Crippen molar-refractivity contribution < 1.29 is 9.21 Å². The number of benzene rings is 2. The van der Waals surface area contributed by atoms with Crippen LogP contribution in [-0.2, 0) is 0 Å². The number of rotatable bonds is 3. The summed E-state index contributed by atoms with van der Waals surface area (Å²) in [5.74, 6) is -0.196. The van der Waals surface area contributed by atoms with Gasteiger partial charge in [0.15, 0.2) is 10.9 Å². The van der Waals surface area contributed by atoms with E-state index in [0.717, 1.165) is 26.5 Å². The predicted octanol–water partition coefficient (Wildman–Crippen LogP) is 4.68. The molecule has 2 aromatic carbocycles. The zero-order chi connectivity index (χ0) is 17.9. The Morgan fingerprint density at radius 2 is 1.85 bits per heavy atom. The number of hydrogen-bond donors (Lipinski definition) is 2. The molecule has 4 rings (SSSR count). The molecule has 26 heavy (non-hydrogen) atoms. The van der Waals surface area contributed by atoms with Gasteiger partial charge < -0.3 is 9.73 Å². The SMILES string of the molecule is O=C(NC(=S)Nc1ccccc1-c1nc2ccccc2s1)c1ccco1. The van der Waals surface area contributed by atoms with Gasteiger partial charge in [0.25, 0.3) is 5.91 Å². The number of hydrogen-bond acceptors (Lipinski definition) is 5. The van der Waals surface area contributed by atoms with E-state index in [1.54, 1.807) is 23.5 Å². The van der Waals surface area contributed by atoms with Crippen LogP contribution in [0, 0.1) is 0 Å². The molecule has 5 nitrogen and oxygen atoms in total. The van der Waals surface area contributed by atoms with Gasteiger partial charge in [-0.1, -0.05) is 24.3 Å². The molecule has 2 N–H and O–H groups in total. The molecule has 0 saturated heterocycles. The minimum atomic E-state index is -0.398. The van der Waals surface area contributed by atoms with Crippen LogP contribution in [0.25, 0.3) is 20.8 Å². The Morgan fingerprint density at radius 3 is 2.65 bits per heavy atom. The summed E-state index contributed by atoms with van der Waals surface area (Å²) in [6.45, 7) is 0. The van der Waals surface area contributed by atoms with E-state index in [-0.39, 0.29) is 10.9 Å². The smallest absolute Gasteiger partial charge is 0.293 e. The van der Waals surface area contributed by atoms with Gasteiger partial charge in [-0.2, -0.15) is 0 Å². The largest absolute Gasteiger partial charge is 0.459 e. The first-order valence-electron chi connectivity index (χ1n) is 7.81. The van der Waals surface area contributed by atoms with E-state index in [4.69, 9.17) is 16.6 Å². The first kappa shape index (κ1) is 16.4. The zero-order valence-electron chi connectivity index (χ0n) is 13.4. The number of aromatic nitrogens is 1. The van der Waals surface area contributed by atoms with Crippen LogP contribution < -0.4 is 10.6 Å². The molecule has 128 valence electrons. The second-order valence-electron chi connectivity index (χ2n) is 5.42. The average Bonchev–Trinajstić information content (AvgIpc) is 3.31. The maximum absolute atomic E-state index is 12.0. The Labute approximate surface area is 158 Å². The summed E-state index contributed by atoms with van der Waals surface area (Å²) in [7, 11) is 0. The highest BCUT2D eigenvalue weighted by Crippen LogP contribution is 2.34. The monoisotopic (exact) mass is 379 g/mol. The summed E-state index contributed by atoms with van der Waals surface area (Å²) in [4.78, 5) is 16.7. The van der Waals surface area contributed by atoms with E-state index >= 15 is 0 Å². The lowest BCUT2D eigenvalue weighted by Gasteiger charge is -2.11. The highest BCUT2D eigenvalue weighted by Gasteiger charge is 2.14. The van der Waals surface area contributed by atoms with Gasteiger partial charge >= 0.3 is 0 Å². The number of carbonyl (C=O) groups is 1. The minimum Gasteiger partial charge on any atom is -0.459 e. The highest BCUT2D eigenvalue weighted by atomic mass is 32.1. The molecule has 2 heterocycles. The second kappa shape index (κ2) is 7.07. The number of nitrogens with one attached hydrogen (secondary N) is 2. The topological polar surface area (TPSA) is 67.2 Å². The maximum atomic E-state index is 12.0. The fourth-order valence-corrected chi connectivity index (χ4v) is 3.70. The molecule has 0 aliphatic heterocycles. The summed E-state index contributed by atoms with van der Waals surface area (Å²) in [6.07, 6.45) is 1.44. The van der Waals surface area contributed by atoms with Crippen LogP contribution in [0.4, 0.5) is 5.69 Å². The van der Waals surface area contributed by atoms with Gasteiger partial charge in [-0.25, -0.2) is 4.98 Å². The van der Waals surface area contributed by atoms with Gasteiger partial charge in [0.1, 0.15) is 5.01 Å². The number of fused-ring (bicyclic) bond motifs is 1. The van der Waals surface area contributed by atoms with Gasteiger partial charge in [0.05, 0.1) is 22.2 Å². The van der Waals surface area contributed by atoms with Crippen LogP contribution in [0.1, 0.15) is 10.6 Å². The Bertz CT molecular complexity index is 1050. The molecule has 0 spiro atoms. The van der Waals surface area contributed by atoms with Crippen molar-refractivity contribution >= 4 is 50.5 Å². The van der Waals surface area contributed by atoms with E-state index in [1.165, 1.54) is 6.26 Å². The van der Waals surface area contributed by atoms with Crippen molar-refractivity contribution in [2.24, 2.45) is 0 Å². The third-order valence-electron chi connectivity index (χ3n) is 3.67. The van der Waals surface area contributed by atoms with Gasteiger partial charge in [-0.3, -0.25) is 10.1 Å². The van der Waals surface area contributed by atoms with Gasteiger partial charge in [-0.05, 0) is 48.6 Å². The molecule has 0 fully saturated rings. The Balaban J connectivity index is 1.57. The normalized spacial score (nSPS) is 10.6. The summed E-state index contributed by atoms with van der Waals surface area (Å²) in [5, 5.41) is 6.76. The Kier molecular flexibility index (Phi) is 4.47. The van der Waals surface area contributed by atoms with Gasteiger partial charge in [0, 0.05) is 5.56 Å². The van der Waals surface area contributed by atoms with Crippen molar-refractivity contribution in [3.8, 4) is 10.6 Å². The van der Waals surface area contributed by atoms with Crippen LogP contribution in [0.15, 0.2) is 71.3 Å². The van der Waals surface area contributed by atoms with Crippen LogP contribution >= 0.6 is 23.6 Å². The second-order valence-corrected chi connectivity index (χ2v) is 6.86. The van der Waals surface area contributed by atoms with Crippen LogP contribution in [0.2, 0.25) is 0 Å². The predicted molar refractivity (Wildman–Crippen MR) is 107 cm³/mol. The van der Waals surface area contributed by atoms with Crippen molar-refractivity contribution in [1.82, 2.24) is 10.3 Å². The molecule has 4 aromatic rings. The quantitative estimate of drug-likeness (QED) is 0.506. The summed E-state index contributed by atoms with van der Waals surface area (Å²) in [5.41, 5.74) is 2.65. The van der Waals surface area contributed by atoms with Crippen LogP contribution in [-0.4, -0.2) is 16.0 Å². The molecule has 0 atom stereocenters. The minimum absolute atomic E-state index is 0.194. The molecule has 0 unspecified atom stereocenters. The highest BCUT2D eigenvalue weighted by molar-refractivity contribution is 7.80. The molecule has 0 aliphatic carbocycles. The molecule has 1 amide bonds. The van der Waals surface area contributed by atoms with Crippen molar-refractivity contribution in [3.05, 3.63) is 72.7 Å². The Hall–Kier alpha value is -3.03. The van der Waals surface area contributed by atoms with Crippen LogP contribution in [0.5, 0.6) is 0 Å². The third kappa shape index (κ3) is 3.35. The number of thiocarbonyl (C=S) groups is 1. The lowest BCUT2D eigenvalue weighted by atomic mass is 10.2. The fraction of sp³-hybridized carbons (Fsp3) is 0. The van der Waals surface area contributed by atoms with E-state index in [9.17, 15) is 4.79 Å². The van der Waals surface area contributed by atoms with Crippen LogP contribution in [0.3, 0.4) is 0 Å². The number of furan rings is 1. The number of amides is 1. The number of nitrogens with zero attached hydrogens (tertiary/aromatic N) is 1. The van der Waals surface area contributed by atoms with E-state index in [2.05, 4.69) is 15.6 Å². The standard InChI is InChI=1S/C19H13N3O2S2/c23-17(15-9-5-11-24-15)22-19(25)21-13-7-2-1-6-12(13)18-20-14-8-3-4-10-16(14)26-18/h1-11H,(H2,21,22,23,25). The number of thiazole rings is 1. The fourth-order valence-electron chi connectivity index (χ4n) is 2.49. The van der Waals surface area contributed by atoms with Crippen molar-refractivity contribution in [2.75, 3.05) is 5.32 Å². The maximum Gasteiger partial charge on any atom is 0.293 e. The zero-order valence-corrected chi connectivity index (χ0v) is 15.1. The molecular formula is C19H13N3O2S2. The molecule has 0 aliphatic rings. The van der Waals surface area contributed by atoms with Crippen molar-refractivity contribution in [2.45, 2.75) is 0 Å².